The van der Waals surface area contributed by atoms with Crippen LogP contribution in [-0.4, -0.2) is 36.5 Å². The average Bonchev–Trinajstić information content (AvgIpc) is 2.33. The highest BCUT2D eigenvalue weighted by molar-refractivity contribution is 5.02. The van der Waals surface area contributed by atoms with E-state index in [2.05, 4.69) is 26.1 Å². The Bertz CT molecular complexity index is 267. The maximum absolute atomic E-state index is 9.68. The Kier molecular flexibility index (Phi) is 4.68. The van der Waals surface area contributed by atoms with Crippen molar-refractivity contribution in [3.63, 3.8) is 0 Å². The van der Waals surface area contributed by atoms with Crippen LogP contribution in [0.4, 0.5) is 0 Å². The van der Waals surface area contributed by atoms with Crippen molar-refractivity contribution in [3.05, 3.63) is 0 Å². The lowest BCUT2D eigenvalue weighted by atomic mass is 9.64. The van der Waals surface area contributed by atoms with Crippen molar-refractivity contribution >= 4 is 0 Å². The van der Waals surface area contributed by atoms with Crippen molar-refractivity contribution in [1.29, 1.82) is 0 Å². The van der Waals surface area contributed by atoms with Gasteiger partial charge in [0.05, 0.1) is 12.2 Å². The molecular formula is C15H29NO2. The second kappa shape index (κ2) is 5.89. The van der Waals surface area contributed by atoms with E-state index in [1.54, 1.807) is 0 Å². The highest BCUT2D eigenvalue weighted by atomic mass is 16.5. The van der Waals surface area contributed by atoms with Crippen LogP contribution >= 0.6 is 0 Å². The van der Waals surface area contributed by atoms with Gasteiger partial charge in [-0.05, 0) is 45.1 Å². The Hall–Kier alpha value is -0.120. The fourth-order valence-electron chi connectivity index (χ4n) is 3.47. The van der Waals surface area contributed by atoms with Crippen LogP contribution in [0, 0.1) is 11.3 Å². The van der Waals surface area contributed by atoms with E-state index in [1.165, 1.54) is 12.8 Å². The smallest absolute Gasteiger partial charge is 0.0655 e. The van der Waals surface area contributed by atoms with Crippen LogP contribution in [0.5, 0.6) is 0 Å². The zero-order valence-corrected chi connectivity index (χ0v) is 12.1. The maximum atomic E-state index is 9.68. The van der Waals surface area contributed by atoms with Gasteiger partial charge in [-0.15, -0.1) is 0 Å². The molecule has 18 heavy (non-hydrogen) atoms. The Labute approximate surface area is 111 Å². The Morgan fingerprint density at radius 2 is 2.06 bits per heavy atom. The number of nitrogens with one attached hydrogen (secondary N) is 1. The fourth-order valence-corrected chi connectivity index (χ4v) is 3.47. The normalized spacial score (nSPS) is 39.3. The van der Waals surface area contributed by atoms with Gasteiger partial charge in [-0.3, -0.25) is 0 Å². The summed E-state index contributed by atoms with van der Waals surface area (Å²) in [6.45, 7) is 8.54. The molecule has 0 aromatic carbocycles. The number of rotatable bonds is 5. The molecule has 0 aliphatic heterocycles. The summed E-state index contributed by atoms with van der Waals surface area (Å²) >= 11 is 0. The largest absolute Gasteiger partial charge is 0.393 e. The lowest BCUT2D eigenvalue weighted by Gasteiger charge is -2.52. The van der Waals surface area contributed by atoms with Crippen molar-refractivity contribution in [2.45, 2.75) is 71.1 Å². The predicted octanol–water partition coefficient (Wildman–Crippen LogP) is 2.33. The molecule has 0 spiro atoms. The molecule has 106 valence electrons. The summed E-state index contributed by atoms with van der Waals surface area (Å²) in [6, 6.07) is 0.577. The number of aliphatic hydroxyl groups is 1. The first kappa shape index (κ1) is 14.3. The monoisotopic (exact) mass is 255 g/mol. The van der Waals surface area contributed by atoms with Gasteiger partial charge in [-0.2, -0.15) is 0 Å². The van der Waals surface area contributed by atoms with Crippen LogP contribution in [0.2, 0.25) is 0 Å². The molecule has 0 radical (unpaired) electrons. The first-order chi connectivity index (χ1) is 8.54. The Morgan fingerprint density at radius 1 is 1.28 bits per heavy atom. The van der Waals surface area contributed by atoms with E-state index in [9.17, 15) is 5.11 Å². The van der Waals surface area contributed by atoms with Gasteiger partial charge < -0.3 is 15.2 Å². The minimum absolute atomic E-state index is 0.0591. The molecule has 4 atom stereocenters. The zero-order valence-electron chi connectivity index (χ0n) is 12.1. The molecule has 3 heteroatoms. The first-order valence-electron chi connectivity index (χ1n) is 7.57. The van der Waals surface area contributed by atoms with Gasteiger partial charge in [0.1, 0.15) is 0 Å². The number of hydrogen-bond acceptors (Lipinski definition) is 3. The summed E-state index contributed by atoms with van der Waals surface area (Å²) in [4.78, 5) is 0. The summed E-state index contributed by atoms with van der Waals surface area (Å²) in [6.07, 6.45) is 5.92. The molecule has 0 amide bonds. The van der Waals surface area contributed by atoms with Gasteiger partial charge in [-0.1, -0.05) is 20.3 Å². The van der Waals surface area contributed by atoms with Crippen LogP contribution in [-0.2, 0) is 4.74 Å². The summed E-state index contributed by atoms with van der Waals surface area (Å²) in [5, 5.41) is 13.4. The van der Waals surface area contributed by atoms with E-state index in [0.717, 1.165) is 32.4 Å². The molecule has 2 aliphatic rings. The minimum atomic E-state index is -0.0591. The van der Waals surface area contributed by atoms with Crippen molar-refractivity contribution in [2.24, 2.45) is 11.3 Å². The van der Waals surface area contributed by atoms with E-state index < -0.39 is 0 Å². The summed E-state index contributed by atoms with van der Waals surface area (Å²) < 4.78 is 5.75. The zero-order chi connectivity index (χ0) is 13.2. The topological polar surface area (TPSA) is 41.5 Å². The van der Waals surface area contributed by atoms with E-state index in [1.807, 2.05) is 0 Å². The molecular weight excluding hydrogens is 226 g/mol. The van der Waals surface area contributed by atoms with Crippen LogP contribution in [0.1, 0.15) is 52.9 Å². The lowest BCUT2D eigenvalue weighted by Crippen LogP contribution is -2.61. The Morgan fingerprint density at radius 3 is 2.67 bits per heavy atom. The molecule has 0 aromatic rings. The molecule has 0 bridgehead atoms. The van der Waals surface area contributed by atoms with Crippen LogP contribution in [0.25, 0.3) is 0 Å². The molecule has 2 rings (SSSR count). The SMILES string of the molecule is CCOC1CC(NCC2CCCC(O)C2)C1(C)C. The van der Waals surface area contributed by atoms with Crippen LogP contribution in [0.3, 0.4) is 0 Å². The molecule has 4 unspecified atom stereocenters. The predicted molar refractivity (Wildman–Crippen MR) is 73.6 cm³/mol. The van der Waals surface area contributed by atoms with Crippen molar-refractivity contribution in [3.8, 4) is 0 Å². The van der Waals surface area contributed by atoms with Gasteiger partial charge in [0.2, 0.25) is 0 Å². The summed E-state index contributed by atoms with van der Waals surface area (Å²) in [7, 11) is 0. The molecule has 2 N–H and O–H groups in total. The van der Waals surface area contributed by atoms with E-state index >= 15 is 0 Å². The second-order valence-electron chi connectivity index (χ2n) is 6.65. The second-order valence-corrected chi connectivity index (χ2v) is 6.65. The van der Waals surface area contributed by atoms with Crippen molar-refractivity contribution in [2.75, 3.05) is 13.2 Å². The van der Waals surface area contributed by atoms with Gasteiger partial charge in [0.15, 0.2) is 0 Å². The summed E-state index contributed by atoms with van der Waals surface area (Å²) in [5.41, 5.74) is 0.253. The van der Waals surface area contributed by atoms with Gasteiger partial charge in [-0.25, -0.2) is 0 Å². The van der Waals surface area contributed by atoms with Crippen molar-refractivity contribution in [1.82, 2.24) is 5.32 Å². The standard InChI is InChI=1S/C15H29NO2/c1-4-18-14-9-13(15(14,2)3)16-10-11-6-5-7-12(17)8-11/h11-14,16-17H,4-10H2,1-3H3. The van der Waals surface area contributed by atoms with Crippen molar-refractivity contribution < 1.29 is 9.84 Å². The number of ether oxygens (including phenoxy) is 1. The fraction of sp³-hybridized carbons (Fsp3) is 1.00. The quantitative estimate of drug-likeness (QED) is 0.792. The van der Waals surface area contributed by atoms with Crippen LogP contribution in [0.15, 0.2) is 0 Å². The van der Waals surface area contributed by atoms with E-state index in [-0.39, 0.29) is 11.5 Å². The molecule has 3 nitrogen and oxygen atoms in total. The molecule has 0 saturated heterocycles. The molecule has 2 fully saturated rings. The maximum Gasteiger partial charge on any atom is 0.0655 e. The molecule has 0 aromatic heterocycles. The average molecular weight is 255 g/mol. The van der Waals surface area contributed by atoms with E-state index in [0.29, 0.717) is 18.1 Å². The summed E-state index contributed by atoms with van der Waals surface area (Å²) in [5.74, 6) is 0.663. The third kappa shape index (κ3) is 3.06. The highest BCUT2D eigenvalue weighted by Crippen LogP contribution is 2.42. The number of hydrogen-bond donors (Lipinski definition) is 2. The van der Waals surface area contributed by atoms with E-state index in [4.69, 9.17) is 4.74 Å². The first-order valence-corrected chi connectivity index (χ1v) is 7.57. The third-order valence-electron chi connectivity index (χ3n) is 4.95. The van der Waals surface area contributed by atoms with Crippen LogP contribution < -0.4 is 5.32 Å². The Balaban J connectivity index is 1.71. The van der Waals surface area contributed by atoms with Gasteiger partial charge in [0.25, 0.3) is 0 Å². The lowest BCUT2D eigenvalue weighted by molar-refractivity contribution is -0.115. The number of aliphatic hydroxyl groups excluding tert-OH is 1. The molecule has 0 heterocycles. The minimum Gasteiger partial charge on any atom is -0.393 e. The molecule has 2 saturated carbocycles. The van der Waals surface area contributed by atoms with Gasteiger partial charge >= 0.3 is 0 Å². The third-order valence-corrected chi connectivity index (χ3v) is 4.95. The highest BCUT2D eigenvalue weighted by Gasteiger charge is 2.48. The molecule has 2 aliphatic carbocycles. The van der Waals surface area contributed by atoms with Gasteiger partial charge in [0, 0.05) is 18.1 Å².